The first-order chi connectivity index (χ1) is 10.3. The van der Waals surface area contributed by atoms with Crippen LogP contribution in [0.2, 0.25) is 0 Å². The molecule has 0 aromatic carbocycles. The second-order valence-corrected chi connectivity index (χ2v) is 6.06. The fraction of sp³-hybridized carbons (Fsp3) is 0.500. The molecule has 1 fully saturated rings. The first-order valence-corrected chi connectivity index (χ1v) is 7.91. The first-order valence-electron chi connectivity index (χ1n) is 7.91. The second kappa shape index (κ2) is 5.06. The van der Waals surface area contributed by atoms with E-state index in [-0.39, 0.29) is 5.69 Å². The number of fused-ring (bicyclic) bond motifs is 3. The molecule has 0 radical (unpaired) electrons. The Hall–Kier alpha value is -2.04. The van der Waals surface area contributed by atoms with Crippen molar-refractivity contribution >= 4 is 22.1 Å². The van der Waals surface area contributed by atoms with Gasteiger partial charge in [0, 0.05) is 17.6 Å². The Bertz CT molecular complexity index is 818. The minimum absolute atomic E-state index is 0.00562. The second-order valence-electron chi connectivity index (χ2n) is 6.06. The molecule has 4 rings (SSSR count). The summed E-state index contributed by atoms with van der Waals surface area (Å²) >= 11 is 0. The highest BCUT2D eigenvalue weighted by atomic mass is 16.1. The van der Waals surface area contributed by atoms with Crippen LogP contribution in [0.5, 0.6) is 0 Å². The van der Waals surface area contributed by atoms with Gasteiger partial charge in [-0.3, -0.25) is 4.57 Å². The van der Waals surface area contributed by atoms with Crippen molar-refractivity contribution in [2.24, 2.45) is 0 Å². The van der Waals surface area contributed by atoms with Crippen LogP contribution in [-0.4, -0.2) is 19.5 Å². The Morgan fingerprint density at radius 3 is 2.71 bits per heavy atom. The monoisotopic (exact) mass is 284 g/mol. The molecule has 3 aromatic heterocycles. The summed E-state index contributed by atoms with van der Waals surface area (Å²) in [6.45, 7) is 0. The van der Waals surface area contributed by atoms with Gasteiger partial charge in [-0.25, -0.2) is 9.78 Å². The van der Waals surface area contributed by atoms with E-state index in [2.05, 4.69) is 15.0 Å². The number of nitrogens with one attached hydrogen (secondary N) is 2. The molecule has 0 aliphatic heterocycles. The highest BCUT2D eigenvalue weighted by Gasteiger charge is 2.20. The number of H-pyrrole nitrogens is 2. The highest BCUT2D eigenvalue weighted by molar-refractivity contribution is 6.00. The van der Waals surface area contributed by atoms with E-state index in [1.54, 1.807) is 6.20 Å². The average molecular weight is 284 g/mol. The summed E-state index contributed by atoms with van der Waals surface area (Å²) in [6, 6.07) is 2.32. The molecule has 2 N–H and O–H groups in total. The lowest BCUT2D eigenvalue weighted by atomic mass is 9.96. The maximum Gasteiger partial charge on any atom is 0.326 e. The van der Waals surface area contributed by atoms with Gasteiger partial charge in [-0.05, 0) is 18.9 Å². The summed E-state index contributed by atoms with van der Waals surface area (Å²) in [5.74, 6) is 0. The van der Waals surface area contributed by atoms with Crippen LogP contribution in [0.15, 0.2) is 23.3 Å². The fourth-order valence-electron chi connectivity index (χ4n) is 3.66. The van der Waals surface area contributed by atoms with E-state index in [1.807, 2.05) is 16.8 Å². The van der Waals surface area contributed by atoms with Crippen molar-refractivity contribution in [3.63, 3.8) is 0 Å². The lowest BCUT2D eigenvalue weighted by molar-refractivity contribution is 0.373. The minimum Gasteiger partial charge on any atom is -0.346 e. The molecule has 0 atom stereocenters. The Kier molecular flexibility index (Phi) is 3.05. The minimum atomic E-state index is 0.00562. The molecular weight excluding hydrogens is 264 g/mol. The lowest BCUT2D eigenvalue weighted by Gasteiger charge is -2.21. The van der Waals surface area contributed by atoms with Crippen LogP contribution in [0.3, 0.4) is 0 Å². The molecular formula is C16H20N4O. The topological polar surface area (TPSA) is 66.5 Å². The van der Waals surface area contributed by atoms with Gasteiger partial charge in [-0.2, -0.15) is 0 Å². The fourth-order valence-corrected chi connectivity index (χ4v) is 3.66. The van der Waals surface area contributed by atoms with Crippen molar-refractivity contribution in [2.75, 3.05) is 0 Å². The Balaban J connectivity index is 1.91. The number of aromatic amines is 2. The van der Waals surface area contributed by atoms with Gasteiger partial charge in [0.25, 0.3) is 0 Å². The van der Waals surface area contributed by atoms with Crippen LogP contribution < -0.4 is 5.69 Å². The number of hydrogen-bond donors (Lipinski definition) is 2. The molecule has 0 spiro atoms. The smallest absolute Gasteiger partial charge is 0.326 e. The third-order valence-corrected chi connectivity index (χ3v) is 4.70. The predicted molar refractivity (Wildman–Crippen MR) is 83.6 cm³/mol. The third-order valence-electron chi connectivity index (χ3n) is 4.70. The Morgan fingerprint density at radius 1 is 1.14 bits per heavy atom. The summed E-state index contributed by atoms with van der Waals surface area (Å²) in [4.78, 5) is 22.9. The quantitative estimate of drug-likeness (QED) is 0.718. The molecule has 5 heteroatoms. The van der Waals surface area contributed by atoms with Gasteiger partial charge in [-0.1, -0.05) is 32.1 Å². The Labute approximate surface area is 122 Å². The molecule has 1 aliphatic rings. The third kappa shape index (κ3) is 2.07. The van der Waals surface area contributed by atoms with E-state index in [4.69, 9.17) is 0 Å². The number of hydrogen-bond acceptors (Lipinski definition) is 2. The van der Waals surface area contributed by atoms with Gasteiger partial charge in [0.15, 0.2) is 0 Å². The van der Waals surface area contributed by atoms with Crippen LogP contribution in [0, 0.1) is 0 Å². The van der Waals surface area contributed by atoms with Gasteiger partial charge < -0.3 is 9.97 Å². The average Bonchev–Trinajstić information content (AvgIpc) is 3.02. The van der Waals surface area contributed by atoms with Crippen molar-refractivity contribution in [3.8, 4) is 0 Å². The van der Waals surface area contributed by atoms with Gasteiger partial charge in [0.2, 0.25) is 0 Å². The molecule has 0 amide bonds. The molecule has 3 heterocycles. The molecule has 21 heavy (non-hydrogen) atoms. The number of aromatic nitrogens is 4. The number of rotatable bonds is 1. The molecule has 5 nitrogen and oxygen atoms in total. The maximum absolute atomic E-state index is 12.5. The molecule has 0 bridgehead atoms. The van der Waals surface area contributed by atoms with Crippen molar-refractivity contribution in [2.45, 2.75) is 51.0 Å². The normalized spacial score (nSPS) is 18.1. The van der Waals surface area contributed by atoms with Crippen LogP contribution in [-0.2, 0) is 0 Å². The zero-order valence-corrected chi connectivity index (χ0v) is 12.1. The largest absolute Gasteiger partial charge is 0.346 e. The van der Waals surface area contributed by atoms with Crippen LogP contribution in [0.25, 0.3) is 22.1 Å². The van der Waals surface area contributed by atoms with E-state index in [0.29, 0.717) is 6.04 Å². The van der Waals surface area contributed by atoms with E-state index < -0.39 is 0 Å². The Morgan fingerprint density at radius 2 is 1.90 bits per heavy atom. The lowest BCUT2D eigenvalue weighted by Crippen LogP contribution is -2.23. The summed E-state index contributed by atoms with van der Waals surface area (Å²) in [5.41, 5.74) is 2.71. The number of pyridine rings is 1. The summed E-state index contributed by atoms with van der Waals surface area (Å²) in [5, 5.41) is 1.04. The van der Waals surface area contributed by atoms with Crippen molar-refractivity contribution in [1.82, 2.24) is 19.5 Å². The number of imidazole rings is 1. The van der Waals surface area contributed by atoms with Crippen molar-refractivity contribution in [3.05, 3.63) is 28.9 Å². The molecule has 0 saturated heterocycles. The molecule has 0 unspecified atom stereocenters. The van der Waals surface area contributed by atoms with Gasteiger partial charge in [0.05, 0.1) is 17.2 Å². The van der Waals surface area contributed by atoms with E-state index in [0.717, 1.165) is 34.9 Å². The van der Waals surface area contributed by atoms with Crippen LogP contribution >= 0.6 is 0 Å². The summed E-state index contributed by atoms with van der Waals surface area (Å²) < 4.78 is 1.98. The van der Waals surface area contributed by atoms with Crippen LogP contribution in [0.4, 0.5) is 0 Å². The summed E-state index contributed by atoms with van der Waals surface area (Å²) in [6.07, 6.45) is 12.2. The van der Waals surface area contributed by atoms with E-state index in [1.165, 1.54) is 32.1 Å². The molecule has 110 valence electrons. The molecule has 1 saturated carbocycles. The number of nitrogens with zero attached hydrogens (tertiary/aromatic N) is 2. The van der Waals surface area contributed by atoms with E-state index in [9.17, 15) is 4.79 Å². The molecule has 1 aliphatic carbocycles. The maximum atomic E-state index is 12.5. The SMILES string of the molecule is O=c1[nH]c2cnc3[nH]ccc3c2n1C1CCCCCCC1. The highest BCUT2D eigenvalue weighted by Crippen LogP contribution is 2.30. The standard InChI is InChI=1S/C16H20N4O/c21-16-19-13-10-18-15-12(8-9-17-15)14(13)20(16)11-6-4-2-1-3-5-7-11/h8-11H,1-7H2,(H,17,18)(H,19,21). The van der Waals surface area contributed by atoms with Gasteiger partial charge in [0.1, 0.15) is 5.65 Å². The zero-order valence-electron chi connectivity index (χ0n) is 12.1. The van der Waals surface area contributed by atoms with Gasteiger partial charge >= 0.3 is 5.69 Å². The summed E-state index contributed by atoms with van der Waals surface area (Å²) in [7, 11) is 0. The van der Waals surface area contributed by atoms with Gasteiger partial charge in [-0.15, -0.1) is 0 Å². The van der Waals surface area contributed by atoms with E-state index >= 15 is 0 Å². The predicted octanol–water partition coefficient (Wildman–Crippen LogP) is 3.49. The molecule has 3 aromatic rings. The van der Waals surface area contributed by atoms with Crippen molar-refractivity contribution in [1.29, 1.82) is 0 Å². The van der Waals surface area contributed by atoms with Crippen LogP contribution in [0.1, 0.15) is 51.0 Å². The zero-order chi connectivity index (χ0) is 14.2. The first kappa shape index (κ1) is 12.7. The van der Waals surface area contributed by atoms with Crippen molar-refractivity contribution < 1.29 is 0 Å².